The van der Waals surface area contributed by atoms with Crippen LogP contribution in [-0.2, 0) is 5.75 Å². The zero-order valence-electron chi connectivity index (χ0n) is 16.1. The molecule has 1 aromatic heterocycles. The van der Waals surface area contributed by atoms with Crippen LogP contribution < -0.4 is 0 Å². The highest BCUT2D eigenvalue weighted by Crippen LogP contribution is 2.31. The minimum atomic E-state index is -0.236. The second-order valence-corrected chi connectivity index (χ2v) is 8.21. The SMILES string of the molecule is Cc1ccc(-n2c(SCc3cccc(F)c3)nnc2-c2ccc(Cl)cc2)cc1C. The maximum atomic E-state index is 13.5. The van der Waals surface area contributed by atoms with Crippen LogP contribution in [0.2, 0.25) is 5.02 Å². The average Bonchev–Trinajstić information content (AvgIpc) is 3.13. The van der Waals surface area contributed by atoms with Crippen LogP contribution in [0.4, 0.5) is 4.39 Å². The monoisotopic (exact) mass is 423 g/mol. The first-order valence-electron chi connectivity index (χ1n) is 9.17. The summed E-state index contributed by atoms with van der Waals surface area (Å²) >= 11 is 7.58. The number of benzene rings is 3. The lowest BCUT2D eigenvalue weighted by Crippen LogP contribution is -2.01. The van der Waals surface area contributed by atoms with Gasteiger partial charge in [0.05, 0.1) is 5.69 Å². The van der Waals surface area contributed by atoms with Gasteiger partial charge in [0.1, 0.15) is 5.82 Å². The van der Waals surface area contributed by atoms with Gasteiger partial charge in [-0.1, -0.05) is 41.6 Å². The first-order chi connectivity index (χ1) is 14.0. The van der Waals surface area contributed by atoms with E-state index in [-0.39, 0.29) is 5.82 Å². The summed E-state index contributed by atoms with van der Waals surface area (Å²) in [5.74, 6) is 1.11. The van der Waals surface area contributed by atoms with E-state index < -0.39 is 0 Å². The molecule has 146 valence electrons. The maximum absolute atomic E-state index is 13.5. The van der Waals surface area contributed by atoms with Gasteiger partial charge < -0.3 is 0 Å². The summed E-state index contributed by atoms with van der Waals surface area (Å²) in [6, 6.07) is 20.5. The summed E-state index contributed by atoms with van der Waals surface area (Å²) in [6.07, 6.45) is 0. The predicted molar refractivity (Wildman–Crippen MR) is 117 cm³/mol. The molecule has 0 N–H and O–H groups in total. The molecule has 3 aromatic carbocycles. The molecule has 0 bridgehead atoms. The van der Waals surface area contributed by atoms with E-state index in [1.807, 2.05) is 34.9 Å². The van der Waals surface area contributed by atoms with E-state index >= 15 is 0 Å². The molecule has 0 saturated heterocycles. The Bertz CT molecular complexity index is 1160. The van der Waals surface area contributed by atoms with Crippen molar-refractivity contribution in [2.24, 2.45) is 0 Å². The Morgan fingerprint density at radius 2 is 1.72 bits per heavy atom. The molecule has 0 aliphatic rings. The molecular formula is C23H19ClFN3S. The second-order valence-electron chi connectivity index (χ2n) is 6.84. The molecule has 0 spiro atoms. The molecule has 0 unspecified atom stereocenters. The fourth-order valence-electron chi connectivity index (χ4n) is 3.02. The van der Waals surface area contributed by atoms with Crippen LogP contribution >= 0.6 is 23.4 Å². The molecule has 4 aromatic rings. The standard InChI is InChI=1S/C23H19ClFN3S/c1-15-6-11-21(12-16(15)2)28-22(18-7-9-19(24)10-8-18)26-27-23(28)29-14-17-4-3-5-20(25)13-17/h3-13H,14H2,1-2H3. The Hall–Kier alpha value is -2.63. The topological polar surface area (TPSA) is 30.7 Å². The van der Waals surface area contributed by atoms with Gasteiger partial charge in [0.25, 0.3) is 0 Å². The first kappa shape index (κ1) is 19.7. The Morgan fingerprint density at radius 1 is 0.931 bits per heavy atom. The van der Waals surface area contributed by atoms with Gasteiger partial charge in [-0.3, -0.25) is 4.57 Å². The van der Waals surface area contributed by atoms with Gasteiger partial charge >= 0.3 is 0 Å². The summed E-state index contributed by atoms with van der Waals surface area (Å²) < 4.78 is 15.6. The third-order valence-corrected chi connectivity index (χ3v) is 5.99. The first-order valence-corrected chi connectivity index (χ1v) is 10.5. The van der Waals surface area contributed by atoms with Crippen molar-refractivity contribution >= 4 is 23.4 Å². The zero-order valence-corrected chi connectivity index (χ0v) is 17.6. The molecular weight excluding hydrogens is 405 g/mol. The largest absolute Gasteiger partial charge is 0.270 e. The number of hydrogen-bond acceptors (Lipinski definition) is 3. The van der Waals surface area contributed by atoms with E-state index in [1.165, 1.54) is 29.0 Å². The van der Waals surface area contributed by atoms with Gasteiger partial charge in [-0.2, -0.15) is 0 Å². The van der Waals surface area contributed by atoms with Crippen molar-refractivity contribution in [1.82, 2.24) is 14.8 Å². The van der Waals surface area contributed by atoms with Gasteiger partial charge in [0, 0.05) is 16.3 Å². The van der Waals surface area contributed by atoms with Crippen molar-refractivity contribution in [3.05, 3.63) is 94.3 Å². The average molecular weight is 424 g/mol. The Labute approximate surface area is 178 Å². The number of halogens is 2. The molecule has 0 amide bonds. The van der Waals surface area contributed by atoms with E-state index in [4.69, 9.17) is 11.6 Å². The maximum Gasteiger partial charge on any atom is 0.196 e. The lowest BCUT2D eigenvalue weighted by atomic mass is 10.1. The third kappa shape index (κ3) is 4.36. The fourth-order valence-corrected chi connectivity index (χ4v) is 4.04. The minimum Gasteiger partial charge on any atom is -0.270 e. The normalized spacial score (nSPS) is 11.0. The van der Waals surface area contributed by atoms with E-state index in [9.17, 15) is 4.39 Å². The lowest BCUT2D eigenvalue weighted by Gasteiger charge is -2.12. The van der Waals surface area contributed by atoms with E-state index in [0.717, 1.165) is 27.8 Å². The van der Waals surface area contributed by atoms with E-state index in [2.05, 4.69) is 42.2 Å². The van der Waals surface area contributed by atoms with Crippen molar-refractivity contribution in [2.75, 3.05) is 0 Å². The molecule has 4 rings (SSSR count). The quantitative estimate of drug-likeness (QED) is 0.337. The van der Waals surface area contributed by atoms with Crippen LogP contribution in [0.3, 0.4) is 0 Å². The third-order valence-electron chi connectivity index (χ3n) is 4.74. The number of rotatable bonds is 5. The number of thioether (sulfide) groups is 1. The zero-order chi connectivity index (χ0) is 20.4. The minimum absolute atomic E-state index is 0.236. The molecule has 0 radical (unpaired) electrons. The van der Waals surface area contributed by atoms with Gasteiger partial charge in [-0.15, -0.1) is 10.2 Å². The summed E-state index contributed by atoms with van der Waals surface area (Å²) in [6.45, 7) is 4.18. The Kier molecular flexibility index (Phi) is 5.69. The van der Waals surface area contributed by atoms with Crippen molar-refractivity contribution in [1.29, 1.82) is 0 Å². The van der Waals surface area contributed by atoms with Gasteiger partial charge in [-0.05, 0) is 79.1 Å². The van der Waals surface area contributed by atoms with Gasteiger partial charge in [0.2, 0.25) is 0 Å². The van der Waals surface area contributed by atoms with E-state index in [0.29, 0.717) is 10.8 Å². The van der Waals surface area contributed by atoms with Crippen molar-refractivity contribution in [3.63, 3.8) is 0 Å². The van der Waals surface area contributed by atoms with Crippen molar-refractivity contribution < 1.29 is 4.39 Å². The Morgan fingerprint density at radius 3 is 2.45 bits per heavy atom. The highest BCUT2D eigenvalue weighted by Gasteiger charge is 2.17. The smallest absolute Gasteiger partial charge is 0.196 e. The molecule has 1 heterocycles. The highest BCUT2D eigenvalue weighted by atomic mass is 35.5. The summed E-state index contributed by atoms with van der Waals surface area (Å²) in [5, 5.41) is 10.3. The van der Waals surface area contributed by atoms with Crippen LogP contribution in [0, 0.1) is 19.7 Å². The molecule has 6 heteroatoms. The molecule has 29 heavy (non-hydrogen) atoms. The van der Waals surface area contributed by atoms with Gasteiger partial charge in [0.15, 0.2) is 11.0 Å². The summed E-state index contributed by atoms with van der Waals surface area (Å²) in [5.41, 5.74) is 5.24. The fraction of sp³-hybridized carbons (Fsp3) is 0.130. The number of aryl methyl sites for hydroxylation is 2. The van der Waals surface area contributed by atoms with Crippen LogP contribution in [0.15, 0.2) is 71.9 Å². The Balaban J connectivity index is 1.76. The number of hydrogen-bond donors (Lipinski definition) is 0. The van der Waals surface area contributed by atoms with Gasteiger partial charge in [-0.25, -0.2) is 4.39 Å². The highest BCUT2D eigenvalue weighted by molar-refractivity contribution is 7.98. The lowest BCUT2D eigenvalue weighted by molar-refractivity contribution is 0.626. The molecule has 0 aliphatic carbocycles. The van der Waals surface area contributed by atoms with Crippen molar-refractivity contribution in [2.45, 2.75) is 24.8 Å². The molecule has 0 aliphatic heterocycles. The summed E-state index contributed by atoms with van der Waals surface area (Å²) in [7, 11) is 0. The van der Waals surface area contributed by atoms with Crippen LogP contribution in [0.5, 0.6) is 0 Å². The van der Waals surface area contributed by atoms with Crippen LogP contribution in [0.25, 0.3) is 17.1 Å². The molecule has 0 saturated carbocycles. The molecule has 0 atom stereocenters. The van der Waals surface area contributed by atoms with Crippen LogP contribution in [0.1, 0.15) is 16.7 Å². The van der Waals surface area contributed by atoms with Crippen LogP contribution in [-0.4, -0.2) is 14.8 Å². The molecule has 0 fully saturated rings. The number of aromatic nitrogens is 3. The second kappa shape index (κ2) is 8.39. The van der Waals surface area contributed by atoms with E-state index in [1.54, 1.807) is 12.1 Å². The number of nitrogens with zero attached hydrogens (tertiary/aromatic N) is 3. The predicted octanol–water partition coefficient (Wildman–Crippen LogP) is 6.64. The summed E-state index contributed by atoms with van der Waals surface area (Å²) in [4.78, 5) is 0. The molecule has 3 nitrogen and oxygen atoms in total. The van der Waals surface area contributed by atoms with Crippen molar-refractivity contribution in [3.8, 4) is 17.1 Å².